The summed E-state index contributed by atoms with van der Waals surface area (Å²) in [6, 6.07) is 8.65. The number of benzene rings is 1. The summed E-state index contributed by atoms with van der Waals surface area (Å²) in [5, 5.41) is 30.0. The lowest BCUT2D eigenvalue weighted by Crippen LogP contribution is -2.60. The van der Waals surface area contributed by atoms with Crippen LogP contribution in [0.1, 0.15) is 68.8 Å². The molecule has 3 amide bonds. The molecule has 2 rings (SSSR count). The van der Waals surface area contributed by atoms with Crippen LogP contribution in [-0.2, 0) is 25.8 Å². The van der Waals surface area contributed by atoms with Gasteiger partial charge in [-0.3, -0.25) is 19.4 Å². The molecule has 0 saturated heterocycles. The zero-order valence-electron chi connectivity index (χ0n) is 26.5. The second-order valence-electron chi connectivity index (χ2n) is 11.2. The number of pyridine rings is 1. The molecule has 1 aromatic carbocycles. The van der Waals surface area contributed by atoms with Gasteiger partial charge in [0.05, 0.1) is 28.6 Å². The predicted octanol–water partition coefficient (Wildman–Crippen LogP) is 2.27. The van der Waals surface area contributed by atoms with Crippen molar-refractivity contribution in [2.75, 3.05) is 17.8 Å². The zero-order valence-corrected chi connectivity index (χ0v) is 28.1. The van der Waals surface area contributed by atoms with Gasteiger partial charge >= 0.3 is 0 Å². The lowest BCUT2D eigenvalue weighted by molar-refractivity contribution is -0.126. The fourth-order valence-corrected chi connectivity index (χ4v) is 7.81. The SMILES string of the molecule is CCCC(CCC)S(=O)(=O)C[C@@H](NC(=O)c1cccnc1)C(=O)N[C@@H](Cc1ccccc1)[C@@H](O)[C@H](O)[C@@H](CCSC)NC(C)=O. The average molecular weight is 665 g/mol. The Kier molecular flexibility index (Phi) is 16.5. The van der Waals surface area contributed by atoms with Gasteiger partial charge in [-0.1, -0.05) is 57.0 Å². The molecule has 0 fully saturated rings. The van der Waals surface area contributed by atoms with Crippen molar-refractivity contribution in [1.29, 1.82) is 0 Å². The number of rotatable bonds is 20. The molecule has 0 aliphatic carbocycles. The Morgan fingerprint density at radius 3 is 2.09 bits per heavy atom. The maximum Gasteiger partial charge on any atom is 0.253 e. The normalized spacial score (nSPS) is 15.0. The van der Waals surface area contributed by atoms with Gasteiger partial charge in [0.2, 0.25) is 11.8 Å². The number of amides is 3. The molecule has 1 aromatic heterocycles. The van der Waals surface area contributed by atoms with Crippen molar-refractivity contribution in [3.8, 4) is 0 Å². The highest BCUT2D eigenvalue weighted by Gasteiger charge is 2.37. The Labute approximate surface area is 271 Å². The van der Waals surface area contributed by atoms with Crippen LogP contribution in [0.2, 0.25) is 0 Å². The van der Waals surface area contributed by atoms with Crippen molar-refractivity contribution >= 4 is 39.3 Å². The van der Waals surface area contributed by atoms with Crippen LogP contribution in [0.4, 0.5) is 0 Å². The first-order valence-electron chi connectivity index (χ1n) is 15.3. The Balaban J connectivity index is 2.45. The van der Waals surface area contributed by atoms with Crippen molar-refractivity contribution in [3.63, 3.8) is 0 Å². The van der Waals surface area contributed by atoms with Crippen LogP contribution in [0, 0.1) is 0 Å². The molecule has 5 atom stereocenters. The van der Waals surface area contributed by atoms with Crippen LogP contribution < -0.4 is 16.0 Å². The monoisotopic (exact) mass is 664 g/mol. The van der Waals surface area contributed by atoms with Gasteiger partial charge in [-0.2, -0.15) is 11.8 Å². The van der Waals surface area contributed by atoms with Crippen LogP contribution in [0.25, 0.3) is 0 Å². The summed E-state index contributed by atoms with van der Waals surface area (Å²) in [5.74, 6) is -1.93. The first-order valence-corrected chi connectivity index (χ1v) is 18.4. The molecule has 5 N–H and O–H groups in total. The standard InChI is InChI=1S/C32H48N4O7S2/c1-5-11-25(12-6-2)45(42,43)21-28(36-31(40)24-15-10-17-33-20-24)32(41)35-27(19-23-13-8-7-9-14-23)30(39)29(38)26(16-18-44-4)34-22(3)37/h7-10,13-15,17,20,25-30,38-39H,5-6,11-12,16,18-19,21H2,1-4H3,(H,34,37)(H,35,41)(H,36,40)/t26-,27+,28-,29-,30-/m1/s1. The highest BCUT2D eigenvalue weighted by Crippen LogP contribution is 2.19. The first-order chi connectivity index (χ1) is 21.4. The van der Waals surface area contributed by atoms with E-state index in [1.807, 2.05) is 26.2 Å². The van der Waals surface area contributed by atoms with Crippen LogP contribution in [0.15, 0.2) is 54.9 Å². The Bertz CT molecular complexity index is 1290. The van der Waals surface area contributed by atoms with Gasteiger partial charge in [-0.15, -0.1) is 0 Å². The minimum Gasteiger partial charge on any atom is -0.388 e. The quantitative estimate of drug-likeness (QED) is 0.142. The summed E-state index contributed by atoms with van der Waals surface area (Å²) in [7, 11) is -3.84. The van der Waals surface area contributed by atoms with Crippen molar-refractivity contribution < 1.29 is 33.0 Å². The number of nitrogens with zero attached hydrogens (tertiary/aromatic N) is 1. The number of hydrogen-bond acceptors (Lipinski definition) is 9. The molecule has 1 heterocycles. The molecule has 0 aliphatic rings. The van der Waals surface area contributed by atoms with Gasteiger partial charge in [-0.25, -0.2) is 8.42 Å². The fraction of sp³-hybridized carbons (Fsp3) is 0.562. The van der Waals surface area contributed by atoms with E-state index in [9.17, 15) is 33.0 Å². The molecular weight excluding hydrogens is 617 g/mol. The average Bonchev–Trinajstić information content (AvgIpc) is 3.02. The van der Waals surface area contributed by atoms with Gasteiger partial charge in [0.25, 0.3) is 5.91 Å². The number of aliphatic hydroxyl groups excluding tert-OH is 2. The van der Waals surface area contributed by atoms with Gasteiger partial charge < -0.3 is 26.2 Å². The Hall–Kier alpha value is -3.00. The van der Waals surface area contributed by atoms with Crippen molar-refractivity contribution in [3.05, 3.63) is 66.0 Å². The van der Waals surface area contributed by atoms with Gasteiger partial charge in [0.1, 0.15) is 18.2 Å². The lowest BCUT2D eigenvalue weighted by Gasteiger charge is -2.33. The summed E-state index contributed by atoms with van der Waals surface area (Å²) in [5.41, 5.74) is 0.887. The van der Waals surface area contributed by atoms with Gasteiger partial charge in [-0.05, 0) is 55.4 Å². The molecule has 0 unspecified atom stereocenters. The number of nitrogens with one attached hydrogen (secondary N) is 3. The van der Waals surface area contributed by atoms with E-state index in [1.54, 1.807) is 30.3 Å². The predicted molar refractivity (Wildman–Crippen MR) is 178 cm³/mol. The van der Waals surface area contributed by atoms with Crippen molar-refractivity contribution in [2.45, 2.75) is 94.9 Å². The number of sulfone groups is 1. The topological polar surface area (TPSA) is 175 Å². The Morgan fingerprint density at radius 1 is 0.889 bits per heavy atom. The molecule has 11 nitrogen and oxygen atoms in total. The number of carbonyl (C=O) groups is 3. The summed E-state index contributed by atoms with van der Waals surface area (Å²) in [6.45, 7) is 5.09. The molecule has 0 saturated carbocycles. The van der Waals surface area contributed by atoms with Crippen LogP contribution >= 0.6 is 11.8 Å². The Morgan fingerprint density at radius 2 is 1.53 bits per heavy atom. The number of aliphatic hydroxyl groups is 2. The third-order valence-electron chi connectivity index (χ3n) is 7.50. The smallest absolute Gasteiger partial charge is 0.253 e. The molecule has 0 radical (unpaired) electrons. The van der Waals surface area contributed by atoms with E-state index in [1.165, 1.54) is 37.1 Å². The van der Waals surface area contributed by atoms with Gasteiger partial charge in [0, 0.05) is 19.3 Å². The molecule has 250 valence electrons. The molecule has 0 aliphatic heterocycles. The highest BCUT2D eigenvalue weighted by atomic mass is 32.2. The van der Waals surface area contributed by atoms with E-state index in [4.69, 9.17) is 0 Å². The maximum atomic E-state index is 13.9. The summed E-state index contributed by atoms with van der Waals surface area (Å²) in [6.07, 6.45) is 4.24. The second kappa shape index (κ2) is 19.5. The zero-order chi connectivity index (χ0) is 33.4. The van der Waals surface area contributed by atoms with E-state index in [0.29, 0.717) is 37.9 Å². The fourth-order valence-electron chi connectivity index (χ4n) is 5.16. The third-order valence-corrected chi connectivity index (χ3v) is 10.4. The minimum absolute atomic E-state index is 0.0877. The molecule has 0 spiro atoms. The van der Waals surface area contributed by atoms with E-state index in [-0.39, 0.29) is 17.9 Å². The van der Waals surface area contributed by atoms with E-state index >= 15 is 0 Å². The van der Waals surface area contributed by atoms with Gasteiger partial charge in [0.15, 0.2) is 9.84 Å². The number of hydrogen-bond donors (Lipinski definition) is 5. The largest absolute Gasteiger partial charge is 0.388 e. The van der Waals surface area contributed by atoms with E-state index in [0.717, 1.165) is 5.56 Å². The molecule has 2 aromatic rings. The maximum absolute atomic E-state index is 13.9. The number of thioether (sulfide) groups is 1. The lowest BCUT2D eigenvalue weighted by atomic mass is 9.92. The van der Waals surface area contributed by atoms with E-state index < -0.39 is 63.0 Å². The highest BCUT2D eigenvalue weighted by molar-refractivity contribution is 7.98. The summed E-state index contributed by atoms with van der Waals surface area (Å²) in [4.78, 5) is 42.8. The van der Waals surface area contributed by atoms with Crippen molar-refractivity contribution in [1.82, 2.24) is 20.9 Å². The molecule has 0 bridgehead atoms. The third kappa shape index (κ3) is 12.7. The molecule has 13 heteroatoms. The van der Waals surface area contributed by atoms with Crippen LogP contribution in [-0.4, -0.2) is 94.7 Å². The minimum atomic E-state index is -3.84. The van der Waals surface area contributed by atoms with Crippen LogP contribution in [0.5, 0.6) is 0 Å². The number of carbonyl (C=O) groups excluding carboxylic acids is 3. The van der Waals surface area contributed by atoms with Crippen molar-refractivity contribution in [2.24, 2.45) is 0 Å². The molecule has 45 heavy (non-hydrogen) atoms. The summed E-state index contributed by atoms with van der Waals surface area (Å²) < 4.78 is 27.2. The number of aromatic nitrogens is 1. The second-order valence-corrected chi connectivity index (χ2v) is 14.5. The van der Waals surface area contributed by atoms with E-state index in [2.05, 4.69) is 20.9 Å². The van der Waals surface area contributed by atoms with Crippen LogP contribution in [0.3, 0.4) is 0 Å². The summed E-state index contributed by atoms with van der Waals surface area (Å²) >= 11 is 1.51. The first kappa shape index (κ1) is 38.2. The molecular formula is C32H48N4O7S2.